The van der Waals surface area contributed by atoms with Crippen LogP contribution in [0.4, 0.5) is 0 Å². The second-order valence-electron chi connectivity index (χ2n) is 7.03. The molecule has 0 radical (unpaired) electrons. The molecule has 2 aromatic carbocycles. The van der Waals surface area contributed by atoms with E-state index in [9.17, 15) is 4.79 Å². The molecule has 0 amide bonds. The summed E-state index contributed by atoms with van der Waals surface area (Å²) in [6.45, 7) is 7.81. The highest BCUT2D eigenvalue weighted by molar-refractivity contribution is 5.78. The summed E-state index contributed by atoms with van der Waals surface area (Å²) < 4.78 is 0. The lowest BCUT2D eigenvalue weighted by Gasteiger charge is -2.21. The number of benzene rings is 2. The largest absolute Gasteiger partial charge is 0.299 e. The van der Waals surface area contributed by atoms with Gasteiger partial charge in [0, 0.05) is 18.7 Å². The van der Waals surface area contributed by atoms with Crippen molar-refractivity contribution < 1.29 is 4.79 Å². The number of nitrogens with zero attached hydrogens (tertiary/aromatic N) is 1. The molecule has 0 unspecified atom stereocenters. The van der Waals surface area contributed by atoms with E-state index in [1.54, 1.807) is 0 Å². The zero-order chi connectivity index (χ0) is 15.6. The van der Waals surface area contributed by atoms with E-state index in [0.29, 0.717) is 5.41 Å². The number of hydrogen-bond donors (Lipinski definition) is 0. The van der Waals surface area contributed by atoms with E-state index in [0.717, 1.165) is 31.5 Å². The molecule has 0 bridgehead atoms. The minimum atomic E-state index is 0.398. The lowest BCUT2D eigenvalue weighted by atomic mass is 9.93. The number of hydrogen-bond acceptors (Lipinski definition) is 2. The summed E-state index contributed by atoms with van der Waals surface area (Å²) in [5.41, 5.74) is 4.85. The highest BCUT2D eigenvalue weighted by Crippen LogP contribution is 2.32. The van der Waals surface area contributed by atoms with Crippen LogP contribution in [-0.4, -0.2) is 24.3 Å². The van der Waals surface area contributed by atoms with Gasteiger partial charge in [-0.2, -0.15) is 0 Å². The third kappa shape index (κ3) is 3.28. The Kier molecular flexibility index (Phi) is 4.12. The Bertz CT molecular complexity index is 661. The predicted octanol–water partition coefficient (Wildman–Crippen LogP) is 4.40. The van der Waals surface area contributed by atoms with Gasteiger partial charge in [0.05, 0.1) is 0 Å². The van der Waals surface area contributed by atoms with Crippen molar-refractivity contribution in [2.75, 3.05) is 13.1 Å². The summed E-state index contributed by atoms with van der Waals surface area (Å²) in [4.78, 5) is 13.6. The van der Waals surface area contributed by atoms with Crippen molar-refractivity contribution in [2.45, 2.75) is 26.8 Å². The van der Waals surface area contributed by atoms with Gasteiger partial charge in [0.2, 0.25) is 0 Å². The molecule has 114 valence electrons. The minimum Gasteiger partial charge on any atom is -0.299 e. The van der Waals surface area contributed by atoms with E-state index >= 15 is 0 Å². The van der Waals surface area contributed by atoms with E-state index in [1.165, 1.54) is 23.1 Å². The van der Waals surface area contributed by atoms with Crippen molar-refractivity contribution in [3.05, 3.63) is 59.7 Å². The first-order chi connectivity index (χ1) is 10.6. The molecule has 1 fully saturated rings. The van der Waals surface area contributed by atoms with E-state index < -0.39 is 0 Å². The van der Waals surface area contributed by atoms with Crippen LogP contribution >= 0.6 is 0 Å². The van der Waals surface area contributed by atoms with Gasteiger partial charge < -0.3 is 0 Å². The van der Waals surface area contributed by atoms with Gasteiger partial charge in [0.1, 0.15) is 6.29 Å². The van der Waals surface area contributed by atoms with E-state index in [1.807, 2.05) is 18.2 Å². The van der Waals surface area contributed by atoms with E-state index in [4.69, 9.17) is 0 Å². The average Bonchev–Trinajstić information content (AvgIpc) is 2.87. The van der Waals surface area contributed by atoms with Crippen LogP contribution in [-0.2, 0) is 6.54 Å². The molecule has 0 saturated carbocycles. The maximum absolute atomic E-state index is 11.1. The Morgan fingerprint density at radius 2 is 1.91 bits per heavy atom. The van der Waals surface area contributed by atoms with Gasteiger partial charge >= 0.3 is 0 Å². The summed E-state index contributed by atoms with van der Waals surface area (Å²) in [6, 6.07) is 16.5. The van der Waals surface area contributed by atoms with E-state index in [2.05, 4.69) is 49.1 Å². The molecular formula is C20H23NO. The van der Waals surface area contributed by atoms with Crippen LogP contribution in [0, 0.1) is 5.41 Å². The summed E-state index contributed by atoms with van der Waals surface area (Å²) in [7, 11) is 0. The van der Waals surface area contributed by atoms with Crippen molar-refractivity contribution in [1.29, 1.82) is 0 Å². The fraction of sp³-hybridized carbons (Fsp3) is 0.350. The van der Waals surface area contributed by atoms with Gasteiger partial charge in [-0.05, 0) is 41.1 Å². The Hall–Kier alpha value is -1.93. The monoisotopic (exact) mass is 293 g/mol. The van der Waals surface area contributed by atoms with Crippen molar-refractivity contribution >= 4 is 6.29 Å². The number of carbonyl (C=O) groups is 1. The highest BCUT2D eigenvalue weighted by atomic mass is 16.1. The van der Waals surface area contributed by atoms with Gasteiger partial charge in [-0.3, -0.25) is 9.69 Å². The smallest absolute Gasteiger partial charge is 0.150 e. The van der Waals surface area contributed by atoms with Gasteiger partial charge in [-0.15, -0.1) is 0 Å². The topological polar surface area (TPSA) is 20.3 Å². The molecule has 2 heteroatoms. The maximum atomic E-state index is 11.1. The first-order valence-electron chi connectivity index (χ1n) is 7.93. The predicted molar refractivity (Wildman–Crippen MR) is 90.9 cm³/mol. The standard InChI is InChI=1S/C20H23NO/c1-20(2)10-11-21(15-20)13-18-12-16(14-22)8-9-19(18)17-6-4-3-5-7-17/h3-9,12,14H,10-11,13,15H2,1-2H3. The second kappa shape index (κ2) is 6.05. The highest BCUT2D eigenvalue weighted by Gasteiger charge is 2.29. The lowest BCUT2D eigenvalue weighted by Crippen LogP contribution is -2.23. The Balaban J connectivity index is 1.92. The molecule has 2 nitrogen and oxygen atoms in total. The molecule has 3 rings (SSSR count). The van der Waals surface area contributed by atoms with Crippen LogP contribution in [0.3, 0.4) is 0 Å². The molecule has 0 aliphatic carbocycles. The van der Waals surface area contributed by atoms with Crippen molar-refractivity contribution in [3.8, 4) is 11.1 Å². The third-order valence-corrected chi connectivity index (χ3v) is 4.50. The quantitative estimate of drug-likeness (QED) is 0.779. The zero-order valence-electron chi connectivity index (χ0n) is 13.4. The van der Waals surface area contributed by atoms with Gasteiger partial charge in [-0.25, -0.2) is 0 Å². The fourth-order valence-electron chi connectivity index (χ4n) is 3.32. The summed E-state index contributed by atoms with van der Waals surface area (Å²) in [5, 5.41) is 0. The van der Waals surface area contributed by atoms with Crippen LogP contribution in [0.2, 0.25) is 0 Å². The van der Waals surface area contributed by atoms with E-state index in [-0.39, 0.29) is 0 Å². The van der Waals surface area contributed by atoms with Gasteiger partial charge in [0.25, 0.3) is 0 Å². The summed E-state index contributed by atoms with van der Waals surface area (Å²) in [5.74, 6) is 0. The van der Waals surface area contributed by atoms with Crippen LogP contribution in [0.5, 0.6) is 0 Å². The molecule has 1 aliphatic heterocycles. The maximum Gasteiger partial charge on any atom is 0.150 e. The first kappa shape index (κ1) is 15.0. The average molecular weight is 293 g/mol. The minimum absolute atomic E-state index is 0.398. The van der Waals surface area contributed by atoms with Crippen LogP contribution in [0.15, 0.2) is 48.5 Å². The van der Waals surface area contributed by atoms with Crippen LogP contribution in [0.25, 0.3) is 11.1 Å². The molecular weight excluding hydrogens is 270 g/mol. The molecule has 2 aromatic rings. The zero-order valence-corrected chi connectivity index (χ0v) is 13.4. The number of rotatable bonds is 4. The molecule has 0 N–H and O–H groups in total. The number of aldehydes is 1. The molecule has 0 atom stereocenters. The van der Waals surface area contributed by atoms with Gasteiger partial charge in [0.15, 0.2) is 0 Å². The lowest BCUT2D eigenvalue weighted by molar-refractivity contribution is 0.112. The van der Waals surface area contributed by atoms with Crippen molar-refractivity contribution in [3.63, 3.8) is 0 Å². The van der Waals surface area contributed by atoms with Crippen LogP contribution < -0.4 is 0 Å². The molecule has 22 heavy (non-hydrogen) atoms. The molecule has 0 aromatic heterocycles. The Morgan fingerprint density at radius 1 is 1.14 bits per heavy atom. The normalized spacial score (nSPS) is 17.5. The third-order valence-electron chi connectivity index (χ3n) is 4.50. The number of likely N-dealkylation sites (tertiary alicyclic amines) is 1. The van der Waals surface area contributed by atoms with Crippen LogP contribution in [0.1, 0.15) is 36.2 Å². The summed E-state index contributed by atoms with van der Waals surface area (Å²) >= 11 is 0. The van der Waals surface area contributed by atoms with Crippen molar-refractivity contribution in [1.82, 2.24) is 4.90 Å². The molecule has 1 heterocycles. The Morgan fingerprint density at radius 3 is 2.55 bits per heavy atom. The molecule has 1 saturated heterocycles. The SMILES string of the molecule is CC1(C)CCN(Cc2cc(C=O)ccc2-c2ccccc2)C1. The first-order valence-corrected chi connectivity index (χ1v) is 7.93. The second-order valence-corrected chi connectivity index (χ2v) is 7.03. The number of carbonyl (C=O) groups excluding carboxylic acids is 1. The molecule has 0 spiro atoms. The molecule has 1 aliphatic rings. The van der Waals surface area contributed by atoms with Gasteiger partial charge in [-0.1, -0.05) is 56.3 Å². The summed E-state index contributed by atoms with van der Waals surface area (Å²) in [6.07, 6.45) is 2.17. The Labute approximate surface area is 132 Å². The fourth-order valence-corrected chi connectivity index (χ4v) is 3.32. The van der Waals surface area contributed by atoms with Crippen molar-refractivity contribution in [2.24, 2.45) is 5.41 Å².